The number of anilines is 1. The summed E-state index contributed by atoms with van der Waals surface area (Å²) in [6, 6.07) is 21.9. The van der Waals surface area contributed by atoms with Gasteiger partial charge in [-0.25, -0.2) is 0 Å². The predicted molar refractivity (Wildman–Crippen MR) is 104 cm³/mol. The lowest BCUT2D eigenvalue weighted by atomic mass is 10.1. The molecule has 3 nitrogen and oxygen atoms in total. The van der Waals surface area contributed by atoms with Gasteiger partial charge in [0.1, 0.15) is 0 Å². The Kier molecular flexibility index (Phi) is 4.33. The molecule has 0 aromatic heterocycles. The van der Waals surface area contributed by atoms with Gasteiger partial charge in [0.15, 0.2) is 0 Å². The summed E-state index contributed by atoms with van der Waals surface area (Å²) in [5.41, 5.74) is 1.88. The third kappa shape index (κ3) is 3.33. The van der Waals surface area contributed by atoms with E-state index in [2.05, 4.69) is 17.0 Å². The molecule has 4 rings (SSSR count). The highest BCUT2D eigenvalue weighted by Gasteiger charge is 2.22. The molecule has 0 spiro atoms. The van der Waals surface area contributed by atoms with Gasteiger partial charge in [-0.15, -0.1) is 0 Å². The van der Waals surface area contributed by atoms with Gasteiger partial charge in [-0.05, 0) is 41.1 Å². The number of piperazine rings is 1. The molecule has 1 aliphatic heterocycles. The molecule has 0 unspecified atom stereocenters. The van der Waals surface area contributed by atoms with Crippen molar-refractivity contribution in [2.24, 2.45) is 0 Å². The number of amides is 1. The first-order valence-corrected chi connectivity index (χ1v) is 8.87. The van der Waals surface area contributed by atoms with Gasteiger partial charge >= 0.3 is 0 Å². The Labute approximate surface area is 152 Å². The molecule has 4 heteroatoms. The van der Waals surface area contributed by atoms with Crippen LogP contribution in [-0.2, 0) is 0 Å². The van der Waals surface area contributed by atoms with Gasteiger partial charge < -0.3 is 9.80 Å². The second-order valence-corrected chi connectivity index (χ2v) is 6.76. The zero-order valence-electron chi connectivity index (χ0n) is 13.9. The fourth-order valence-corrected chi connectivity index (χ4v) is 3.53. The molecular formula is C21H19ClN2O. The van der Waals surface area contributed by atoms with Gasteiger partial charge in [0.2, 0.25) is 0 Å². The first-order valence-electron chi connectivity index (χ1n) is 8.49. The second kappa shape index (κ2) is 6.77. The summed E-state index contributed by atoms with van der Waals surface area (Å²) in [6.45, 7) is 3.08. The van der Waals surface area contributed by atoms with Crippen LogP contribution in [0.15, 0.2) is 66.7 Å². The fraction of sp³-hybridized carbons (Fsp3) is 0.190. The van der Waals surface area contributed by atoms with Crippen molar-refractivity contribution in [1.82, 2.24) is 4.90 Å². The molecule has 0 bridgehead atoms. The average Bonchev–Trinajstić information content (AvgIpc) is 2.67. The monoisotopic (exact) mass is 350 g/mol. The Morgan fingerprint density at radius 3 is 2.32 bits per heavy atom. The van der Waals surface area contributed by atoms with E-state index in [-0.39, 0.29) is 5.91 Å². The third-order valence-corrected chi connectivity index (χ3v) is 4.97. The minimum Gasteiger partial charge on any atom is -0.368 e. The summed E-state index contributed by atoms with van der Waals surface area (Å²) in [4.78, 5) is 17.0. The minimum absolute atomic E-state index is 0.108. The van der Waals surface area contributed by atoms with Crippen molar-refractivity contribution in [1.29, 1.82) is 0 Å². The van der Waals surface area contributed by atoms with E-state index in [1.807, 2.05) is 59.5 Å². The van der Waals surface area contributed by atoms with E-state index in [1.54, 1.807) is 0 Å². The molecule has 25 heavy (non-hydrogen) atoms. The van der Waals surface area contributed by atoms with Crippen molar-refractivity contribution < 1.29 is 4.79 Å². The lowest BCUT2D eigenvalue weighted by molar-refractivity contribution is 0.0747. The highest BCUT2D eigenvalue weighted by molar-refractivity contribution is 6.30. The Morgan fingerprint density at radius 1 is 0.800 bits per heavy atom. The Morgan fingerprint density at radius 2 is 1.56 bits per heavy atom. The summed E-state index contributed by atoms with van der Waals surface area (Å²) in [6.07, 6.45) is 0. The van der Waals surface area contributed by atoms with Gasteiger partial charge in [0, 0.05) is 42.5 Å². The van der Waals surface area contributed by atoms with E-state index in [0.717, 1.165) is 53.2 Å². The van der Waals surface area contributed by atoms with Crippen LogP contribution in [0.4, 0.5) is 5.69 Å². The summed E-state index contributed by atoms with van der Waals surface area (Å²) in [5, 5.41) is 3.00. The van der Waals surface area contributed by atoms with Crippen LogP contribution in [0.5, 0.6) is 0 Å². The van der Waals surface area contributed by atoms with Crippen LogP contribution in [0, 0.1) is 0 Å². The summed E-state index contributed by atoms with van der Waals surface area (Å²) < 4.78 is 0. The van der Waals surface area contributed by atoms with E-state index in [4.69, 9.17) is 11.6 Å². The molecule has 0 aliphatic carbocycles. The van der Waals surface area contributed by atoms with E-state index < -0.39 is 0 Å². The van der Waals surface area contributed by atoms with E-state index >= 15 is 0 Å². The van der Waals surface area contributed by atoms with Crippen LogP contribution in [0.3, 0.4) is 0 Å². The number of hydrogen-bond donors (Lipinski definition) is 0. The maximum atomic E-state index is 12.8. The van der Waals surface area contributed by atoms with Crippen LogP contribution in [0.1, 0.15) is 10.4 Å². The molecular weight excluding hydrogens is 332 g/mol. The van der Waals surface area contributed by atoms with Crippen LogP contribution < -0.4 is 4.90 Å². The van der Waals surface area contributed by atoms with Crippen molar-refractivity contribution in [3.8, 4) is 0 Å². The van der Waals surface area contributed by atoms with E-state index in [9.17, 15) is 4.79 Å². The minimum atomic E-state index is 0.108. The Bertz CT molecular complexity index is 916. The van der Waals surface area contributed by atoms with Crippen LogP contribution in [-0.4, -0.2) is 37.0 Å². The quantitative estimate of drug-likeness (QED) is 0.681. The number of carbonyl (C=O) groups is 1. The summed E-state index contributed by atoms with van der Waals surface area (Å²) in [5.74, 6) is 0.108. The van der Waals surface area contributed by atoms with Crippen molar-refractivity contribution in [2.75, 3.05) is 31.1 Å². The molecule has 0 radical (unpaired) electrons. The average molecular weight is 351 g/mol. The number of benzene rings is 3. The maximum absolute atomic E-state index is 12.8. The lowest BCUT2D eigenvalue weighted by Crippen LogP contribution is -2.48. The number of hydrogen-bond acceptors (Lipinski definition) is 2. The number of carbonyl (C=O) groups excluding carboxylic acids is 1. The van der Waals surface area contributed by atoms with Gasteiger partial charge in [-0.2, -0.15) is 0 Å². The van der Waals surface area contributed by atoms with E-state index in [0.29, 0.717) is 0 Å². The van der Waals surface area contributed by atoms with Gasteiger partial charge in [0.25, 0.3) is 5.91 Å². The maximum Gasteiger partial charge on any atom is 0.253 e. The molecule has 0 saturated carbocycles. The summed E-state index contributed by atoms with van der Waals surface area (Å²) >= 11 is 6.08. The van der Waals surface area contributed by atoms with Gasteiger partial charge in [-0.3, -0.25) is 4.79 Å². The number of nitrogens with zero attached hydrogens (tertiary/aromatic N) is 2. The van der Waals surface area contributed by atoms with Gasteiger partial charge in [0.05, 0.1) is 0 Å². The second-order valence-electron chi connectivity index (χ2n) is 6.32. The molecule has 0 N–H and O–H groups in total. The smallest absolute Gasteiger partial charge is 0.253 e. The highest BCUT2D eigenvalue weighted by Crippen LogP contribution is 2.22. The zero-order valence-corrected chi connectivity index (χ0v) is 14.6. The number of fused-ring (bicyclic) bond motifs is 1. The number of rotatable bonds is 2. The molecule has 0 atom stereocenters. The van der Waals surface area contributed by atoms with Crippen molar-refractivity contribution in [3.05, 3.63) is 77.3 Å². The predicted octanol–water partition coefficient (Wildman–Crippen LogP) is 4.46. The molecule has 1 saturated heterocycles. The van der Waals surface area contributed by atoms with Crippen molar-refractivity contribution in [2.45, 2.75) is 0 Å². The largest absolute Gasteiger partial charge is 0.368 e. The zero-order chi connectivity index (χ0) is 17.2. The number of halogens is 1. The lowest BCUT2D eigenvalue weighted by Gasteiger charge is -2.36. The first kappa shape index (κ1) is 16.0. The molecule has 3 aromatic carbocycles. The third-order valence-electron chi connectivity index (χ3n) is 4.74. The van der Waals surface area contributed by atoms with E-state index in [1.165, 1.54) is 0 Å². The first-order chi connectivity index (χ1) is 12.2. The molecule has 1 amide bonds. The molecule has 1 aliphatic rings. The van der Waals surface area contributed by atoms with Crippen molar-refractivity contribution >= 4 is 34.0 Å². The highest BCUT2D eigenvalue weighted by atomic mass is 35.5. The van der Waals surface area contributed by atoms with Crippen molar-refractivity contribution in [3.63, 3.8) is 0 Å². The van der Waals surface area contributed by atoms with Crippen LogP contribution >= 0.6 is 11.6 Å². The fourth-order valence-electron chi connectivity index (χ4n) is 3.35. The summed E-state index contributed by atoms with van der Waals surface area (Å²) in [7, 11) is 0. The van der Waals surface area contributed by atoms with Crippen LogP contribution in [0.25, 0.3) is 10.8 Å². The normalized spacial score (nSPS) is 14.8. The Balaban J connectivity index is 1.47. The van der Waals surface area contributed by atoms with Crippen LogP contribution in [0.2, 0.25) is 5.02 Å². The topological polar surface area (TPSA) is 23.6 Å². The molecule has 3 aromatic rings. The molecule has 126 valence electrons. The Hall–Kier alpha value is -2.52. The SMILES string of the molecule is O=C(c1ccc2ccccc2c1)N1CCN(c2cccc(Cl)c2)CC1. The standard InChI is InChI=1S/C21H19ClN2O/c22-19-6-3-7-20(15-19)23-10-12-24(13-11-23)21(25)18-9-8-16-4-1-2-5-17(16)14-18/h1-9,14-15H,10-13H2. The molecule has 1 heterocycles. The van der Waals surface area contributed by atoms with Gasteiger partial charge in [-0.1, -0.05) is 48.0 Å². The molecule has 1 fully saturated rings.